The monoisotopic (exact) mass is 272 g/mol. The smallest absolute Gasteiger partial charge is 0.106 e. The molecule has 0 amide bonds. The van der Waals surface area contributed by atoms with Crippen LogP contribution in [0, 0.1) is 0 Å². The number of aryl methyl sites for hydroxylation is 2. The van der Waals surface area contributed by atoms with E-state index in [1.165, 1.54) is 5.69 Å². The largest absolute Gasteiger partial charge is 0.395 e. The third-order valence-electron chi connectivity index (χ3n) is 3.30. The van der Waals surface area contributed by atoms with Gasteiger partial charge in [0.2, 0.25) is 0 Å². The van der Waals surface area contributed by atoms with Crippen molar-refractivity contribution >= 4 is 27.2 Å². The lowest BCUT2D eigenvalue weighted by molar-refractivity contribution is 0.796. The molecule has 2 heterocycles. The number of anilines is 1. The third kappa shape index (κ3) is 1.90. The Morgan fingerprint density at radius 3 is 2.84 bits per heavy atom. The zero-order valence-electron chi connectivity index (χ0n) is 11.1. The van der Waals surface area contributed by atoms with Gasteiger partial charge in [-0.3, -0.25) is 0 Å². The molecule has 98 valence electrons. The predicted molar refractivity (Wildman–Crippen MR) is 79.9 cm³/mol. The van der Waals surface area contributed by atoms with E-state index in [-0.39, 0.29) is 0 Å². The van der Waals surface area contributed by atoms with Gasteiger partial charge in [-0.15, -0.1) is 11.3 Å². The van der Waals surface area contributed by atoms with Crippen LogP contribution >= 0.6 is 11.3 Å². The van der Waals surface area contributed by atoms with Gasteiger partial charge in [-0.1, -0.05) is 13.8 Å². The number of fused-ring (bicyclic) bond motifs is 1. The van der Waals surface area contributed by atoms with Crippen molar-refractivity contribution in [3.63, 3.8) is 0 Å². The maximum Gasteiger partial charge on any atom is 0.106 e. The van der Waals surface area contributed by atoms with Gasteiger partial charge in [0.25, 0.3) is 0 Å². The molecule has 0 bridgehead atoms. The van der Waals surface area contributed by atoms with E-state index in [1.807, 2.05) is 16.3 Å². The summed E-state index contributed by atoms with van der Waals surface area (Å²) in [5.74, 6) is 0. The van der Waals surface area contributed by atoms with Crippen LogP contribution in [0.15, 0.2) is 23.7 Å². The van der Waals surface area contributed by atoms with Crippen molar-refractivity contribution in [2.45, 2.75) is 26.7 Å². The number of hydrogen-bond donors (Lipinski definition) is 1. The van der Waals surface area contributed by atoms with Gasteiger partial charge >= 0.3 is 0 Å². The van der Waals surface area contributed by atoms with Gasteiger partial charge in [-0.2, -0.15) is 5.10 Å². The molecule has 0 fully saturated rings. The van der Waals surface area contributed by atoms with Crippen molar-refractivity contribution in [3.05, 3.63) is 35.1 Å². The number of aromatic nitrogens is 3. The van der Waals surface area contributed by atoms with Crippen LogP contribution in [0.4, 0.5) is 5.69 Å². The summed E-state index contributed by atoms with van der Waals surface area (Å²) in [5, 5.41) is 4.63. The summed E-state index contributed by atoms with van der Waals surface area (Å²) in [5.41, 5.74) is 12.9. The molecule has 0 spiro atoms. The molecule has 5 heteroatoms. The van der Waals surface area contributed by atoms with E-state index in [4.69, 9.17) is 5.73 Å². The number of nitrogens with zero attached hydrogens (tertiary/aromatic N) is 3. The summed E-state index contributed by atoms with van der Waals surface area (Å²) < 4.78 is 3.06. The second-order valence-electron chi connectivity index (χ2n) is 4.44. The molecule has 1 aromatic carbocycles. The van der Waals surface area contributed by atoms with Crippen LogP contribution in [-0.4, -0.2) is 14.8 Å². The fourth-order valence-electron chi connectivity index (χ4n) is 2.23. The van der Waals surface area contributed by atoms with Gasteiger partial charge in [0.05, 0.1) is 27.3 Å². The topological polar surface area (TPSA) is 56.7 Å². The normalized spacial score (nSPS) is 11.3. The summed E-state index contributed by atoms with van der Waals surface area (Å²) in [7, 11) is 0. The number of hydrogen-bond acceptors (Lipinski definition) is 4. The van der Waals surface area contributed by atoms with Crippen molar-refractivity contribution in [2.75, 3.05) is 5.73 Å². The summed E-state index contributed by atoms with van der Waals surface area (Å²) in [6.07, 6.45) is 1.86. The maximum absolute atomic E-state index is 6.25. The van der Waals surface area contributed by atoms with Gasteiger partial charge in [0.15, 0.2) is 0 Å². The molecule has 0 aliphatic heterocycles. The van der Waals surface area contributed by atoms with Crippen LogP contribution in [0.3, 0.4) is 0 Å². The Bertz CT molecular complexity index is 726. The Morgan fingerprint density at radius 2 is 2.11 bits per heavy atom. The fraction of sp³-hybridized carbons (Fsp3) is 0.286. The second-order valence-corrected chi connectivity index (χ2v) is 5.33. The van der Waals surface area contributed by atoms with Crippen molar-refractivity contribution in [2.24, 2.45) is 0 Å². The van der Waals surface area contributed by atoms with Crippen LogP contribution in [0.2, 0.25) is 0 Å². The van der Waals surface area contributed by atoms with E-state index < -0.39 is 0 Å². The van der Waals surface area contributed by atoms with E-state index in [1.54, 1.807) is 11.3 Å². The molecule has 0 aliphatic rings. The highest BCUT2D eigenvalue weighted by molar-refractivity contribution is 7.16. The van der Waals surface area contributed by atoms with Crippen LogP contribution in [0.5, 0.6) is 0 Å². The third-order valence-corrected chi connectivity index (χ3v) is 4.10. The molecular formula is C14H16N4S. The number of benzene rings is 1. The van der Waals surface area contributed by atoms with Crippen molar-refractivity contribution in [3.8, 4) is 5.69 Å². The quantitative estimate of drug-likeness (QED) is 0.745. The Hall–Kier alpha value is -1.88. The van der Waals surface area contributed by atoms with E-state index in [2.05, 4.69) is 36.1 Å². The average molecular weight is 272 g/mol. The molecule has 2 aromatic heterocycles. The van der Waals surface area contributed by atoms with E-state index in [0.717, 1.165) is 34.4 Å². The Morgan fingerprint density at radius 1 is 1.26 bits per heavy atom. The minimum Gasteiger partial charge on any atom is -0.395 e. The molecule has 3 rings (SSSR count). The molecular weight excluding hydrogens is 256 g/mol. The van der Waals surface area contributed by atoms with Crippen LogP contribution in [-0.2, 0) is 12.8 Å². The lowest BCUT2D eigenvalue weighted by Gasteiger charge is -2.09. The standard InChI is InChI=1S/C14H16N4S/c1-3-9-7-10(4-2)18(17-9)11-5-6-12-14(13(11)15)16-8-19-12/h5-8H,3-4,15H2,1-2H3. The summed E-state index contributed by atoms with van der Waals surface area (Å²) in [4.78, 5) is 4.34. The van der Waals surface area contributed by atoms with Crippen molar-refractivity contribution in [1.82, 2.24) is 14.8 Å². The minimum atomic E-state index is 0.708. The number of nitrogen functional groups attached to an aromatic ring is 1. The van der Waals surface area contributed by atoms with Gasteiger partial charge in [0.1, 0.15) is 5.52 Å². The molecule has 0 saturated carbocycles. The van der Waals surface area contributed by atoms with Gasteiger partial charge in [-0.25, -0.2) is 9.67 Å². The highest BCUT2D eigenvalue weighted by Gasteiger charge is 2.13. The Kier molecular flexibility index (Phi) is 2.98. The SMILES string of the molecule is CCc1cc(CC)n(-c2ccc3scnc3c2N)n1. The van der Waals surface area contributed by atoms with E-state index >= 15 is 0 Å². The first kappa shape index (κ1) is 12.2. The highest BCUT2D eigenvalue weighted by atomic mass is 32.1. The number of nitrogens with two attached hydrogens (primary N) is 1. The predicted octanol–water partition coefficient (Wildman–Crippen LogP) is 3.19. The van der Waals surface area contributed by atoms with Gasteiger partial charge < -0.3 is 5.73 Å². The molecule has 19 heavy (non-hydrogen) atoms. The van der Waals surface area contributed by atoms with Crippen LogP contribution in [0.1, 0.15) is 25.2 Å². The van der Waals surface area contributed by atoms with Crippen molar-refractivity contribution in [1.29, 1.82) is 0 Å². The lowest BCUT2D eigenvalue weighted by atomic mass is 10.2. The molecule has 0 unspecified atom stereocenters. The van der Waals surface area contributed by atoms with E-state index in [9.17, 15) is 0 Å². The zero-order chi connectivity index (χ0) is 13.4. The second kappa shape index (κ2) is 4.66. The molecule has 2 N–H and O–H groups in total. The average Bonchev–Trinajstić information content (AvgIpc) is 3.05. The van der Waals surface area contributed by atoms with Crippen molar-refractivity contribution < 1.29 is 0 Å². The first-order valence-electron chi connectivity index (χ1n) is 6.44. The van der Waals surface area contributed by atoms with Gasteiger partial charge in [0, 0.05) is 5.69 Å². The summed E-state index contributed by atoms with van der Waals surface area (Å²) >= 11 is 1.60. The molecule has 0 aliphatic carbocycles. The van der Waals surface area contributed by atoms with E-state index in [0.29, 0.717) is 5.69 Å². The first-order valence-corrected chi connectivity index (χ1v) is 7.32. The molecule has 0 saturated heterocycles. The molecule has 0 atom stereocenters. The zero-order valence-corrected chi connectivity index (χ0v) is 11.9. The summed E-state index contributed by atoms with van der Waals surface area (Å²) in [6.45, 7) is 4.24. The minimum absolute atomic E-state index is 0.708. The highest BCUT2D eigenvalue weighted by Crippen LogP contribution is 2.29. The summed E-state index contributed by atoms with van der Waals surface area (Å²) in [6, 6.07) is 6.23. The van der Waals surface area contributed by atoms with Crippen LogP contribution in [0.25, 0.3) is 15.9 Å². The maximum atomic E-state index is 6.25. The van der Waals surface area contributed by atoms with Gasteiger partial charge in [-0.05, 0) is 31.0 Å². The first-order chi connectivity index (χ1) is 9.24. The number of thiazole rings is 1. The Labute approximate surface area is 115 Å². The van der Waals surface area contributed by atoms with Crippen LogP contribution < -0.4 is 5.73 Å². The Balaban J connectivity index is 2.23. The lowest BCUT2D eigenvalue weighted by Crippen LogP contribution is -2.05. The molecule has 3 aromatic rings. The molecule has 4 nitrogen and oxygen atoms in total. The number of rotatable bonds is 3. The molecule has 0 radical (unpaired) electrons. The fourth-order valence-corrected chi connectivity index (χ4v) is 2.93.